The van der Waals surface area contributed by atoms with E-state index in [1.807, 2.05) is 0 Å². The summed E-state index contributed by atoms with van der Waals surface area (Å²) in [5, 5.41) is 6.46. The smallest absolute Gasteiger partial charge is 0.220 e. The Bertz CT molecular complexity index is 298. The average Bonchev–Trinajstić information content (AvgIpc) is 2.98. The summed E-state index contributed by atoms with van der Waals surface area (Å²) >= 11 is 0. The van der Waals surface area contributed by atoms with Crippen LogP contribution in [0.25, 0.3) is 0 Å². The number of amides is 1. The van der Waals surface area contributed by atoms with Crippen LogP contribution in [0.1, 0.15) is 38.5 Å². The molecule has 0 aromatic rings. The SMILES string of the molecule is COCC1(CNC(=O)CCC2CCCO2)CCNCC1.Cl. The van der Waals surface area contributed by atoms with Crippen molar-refractivity contribution in [2.45, 2.75) is 44.6 Å². The number of hydrogen-bond acceptors (Lipinski definition) is 4. The molecule has 0 aromatic heterocycles. The quantitative estimate of drug-likeness (QED) is 0.746. The number of rotatable bonds is 7. The lowest BCUT2D eigenvalue weighted by molar-refractivity contribution is -0.122. The average molecular weight is 321 g/mol. The van der Waals surface area contributed by atoms with Gasteiger partial charge < -0.3 is 20.1 Å². The van der Waals surface area contributed by atoms with Gasteiger partial charge in [-0.15, -0.1) is 12.4 Å². The van der Waals surface area contributed by atoms with Crippen LogP contribution in [0.4, 0.5) is 0 Å². The minimum atomic E-state index is 0. The first-order chi connectivity index (χ1) is 9.74. The number of halogens is 1. The Labute approximate surface area is 133 Å². The van der Waals surface area contributed by atoms with E-state index in [1.54, 1.807) is 7.11 Å². The first-order valence-corrected chi connectivity index (χ1v) is 7.82. The van der Waals surface area contributed by atoms with Gasteiger partial charge in [0.25, 0.3) is 0 Å². The van der Waals surface area contributed by atoms with Crippen molar-refractivity contribution in [3.05, 3.63) is 0 Å². The zero-order valence-electron chi connectivity index (χ0n) is 13.0. The molecule has 6 heteroatoms. The third-order valence-electron chi connectivity index (χ3n) is 4.49. The van der Waals surface area contributed by atoms with Gasteiger partial charge in [0.2, 0.25) is 5.91 Å². The van der Waals surface area contributed by atoms with E-state index in [1.165, 1.54) is 0 Å². The van der Waals surface area contributed by atoms with Crippen molar-refractivity contribution in [2.75, 3.05) is 40.0 Å². The van der Waals surface area contributed by atoms with Gasteiger partial charge in [-0.1, -0.05) is 0 Å². The van der Waals surface area contributed by atoms with Crippen LogP contribution in [-0.4, -0.2) is 52.0 Å². The summed E-state index contributed by atoms with van der Waals surface area (Å²) in [5.74, 6) is 0.148. The predicted molar refractivity (Wildman–Crippen MR) is 84.9 cm³/mol. The lowest BCUT2D eigenvalue weighted by Gasteiger charge is -2.37. The van der Waals surface area contributed by atoms with Gasteiger partial charge in [-0.3, -0.25) is 4.79 Å². The molecular formula is C15H29ClN2O3. The van der Waals surface area contributed by atoms with Crippen molar-refractivity contribution >= 4 is 18.3 Å². The molecular weight excluding hydrogens is 292 g/mol. The zero-order valence-corrected chi connectivity index (χ0v) is 13.8. The molecule has 0 radical (unpaired) electrons. The van der Waals surface area contributed by atoms with E-state index >= 15 is 0 Å². The zero-order chi connectivity index (χ0) is 14.3. The van der Waals surface area contributed by atoms with Crippen molar-refractivity contribution in [2.24, 2.45) is 5.41 Å². The molecule has 21 heavy (non-hydrogen) atoms. The molecule has 2 heterocycles. The van der Waals surface area contributed by atoms with E-state index in [9.17, 15) is 4.79 Å². The van der Waals surface area contributed by atoms with E-state index in [4.69, 9.17) is 9.47 Å². The van der Waals surface area contributed by atoms with Crippen molar-refractivity contribution in [1.82, 2.24) is 10.6 Å². The van der Waals surface area contributed by atoms with Gasteiger partial charge in [0, 0.05) is 32.1 Å². The van der Waals surface area contributed by atoms with Gasteiger partial charge in [0.1, 0.15) is 0 Å². The highest BCUT2D eigenvalue weighted by atomic mass is 35.5. The third kappa shape index (κ3) is 6.10. The van der Waals surface area contributed by atoms with Crippen LogP contribution in [0.2, 0.25) is 0 Å². The van der Waals surface area contributed by atoms with Gasteiger partial charge >= 0.3 is 0 Å². The molecule has 0 aromatic carbocycles. The number of carbonyl (C=O) groups is 1. The lowest BCUT2D eigenvalue weighted by atomic mass is 9.79. The summed E-state index contributed by atoms with van der Waals surface area (Å²) in [6.45, 7) is 4.33. The lowest BCUT2D eigenvalue weighted by Crippen LogP contribution is -2.47. The van der Waals surface area contributed by atoms with Crippen LogP contribution in [0, 0.1) is 5.41 Å². The summed E-state index contributed by atoms with van der Waals surface area (Å²) < 4.78 is 10.9. The maximum Gasteiger partial charge on any atom is 0.220 e. The number of carbonyl (C=O) groups excluding carboxylic acids is 1. The molecule has 5 nitrogen and oxygen atoms in total. The Balaban J connectivity index is 0.00000220. The Hall–Kier alpha value is -0.360. The number of hydrogen-bond donors (Lipinski definition) is 2. The molecule has 2 N–H and O–H groups in total. The molecule has 0 bridgehead atoms. The maximum absolute atomic E-state index is 12.0. The molecule has 2 rings (SSSR count). The molecule has 2 fully saturated rings. The largest absolute Gasteiger partial charge is 0.384 e. The second-order valence-corrected chi connectivity index (χ2v) is 6.13. The van der Waals surface area contributed by atoms with Gasteiger partial charge in [-0.2, -0.15) is 0 Å². The van der Waals surface area contributed by atoms with E-state index in [-0.39, 0.29) is 23.7 Å². The van der Waals surface area contributed by atoms with Crippen LogP contribution < -0.4 is 10.6 Å². The highest BCUT2D eigenvalue weighted by molar-refractivity contribution is 5.85. The Morgan fingerprint density at radius 2 is 2.19 bits per heavy atom. The minimum Gasteiger partial charge on any atom is -0.384 e. The van der Waals surface area contributed by atoms with Crippen molar-refractivity contribution in [3.63, 3.8) is 0 Å². The Kier molecular flexibility index (Phi) is 8.56. The molecule has 1 amide bonds. The number of ether oxygens (including phenoxy) is 2. The molecule has 1 unspecified atom stereocenters. The monoisotopic (exact) mass is 320 g/mol. The molecule has 1 atom stereocenters. The summed E-state index contributed by atoms with van der Waals surface area (Å²) in [7, 11) is 1.74. The van der Waals surface area contributed by atoms with E-state index in [2.05, 4.69) is 10.6 Å². The first-order valence-electron chi connectivity index (χ1n) is 7.82. The number of nitrogens with one attached hydrogen (secondary N) is 2. The molecule has 2 aliphatic heterocycles. The fraction of sp³-hybridized carbons (Fsp3) is 0.933. The molecule has 0 saturated carbocycles. The fourth-order valence-corrected chi connectivity index (χ4v) is 3.17. The fourth-order valence-electron chi connectivity index (χ4n) is 3.17. The van der Waals surface area contributed by atoms with E-state index in [0.29, 0.717) is 12.5 Å². The van der Waals surface area contributed by atoms with Crippen molar-refractivity contribution in [3.8, 4) is 0 Å². The topological polar surface area (TPSA) is 59.6 Å². The Morgan fingerprint density at radius 1 is 1.43 bits per heavy atom. The van der Waals surface area contributed by atoms with Crippen LogP contribution in [0.15, 0.2) is 0 Å². The standard InChI is InChI=1S/C15H28N2O3.ClH/c1-19-12-15(6-8-16-9-7-15)11-17-14(18)5-4-13-3-2-10-20-13;/h13,16H,2-12H2,1H3,(H,17,18);1H. The second kappa shape index (κ2) is 9.62. The van der Waals surface area contributed by atoms with Crippen LogP contribution in [-0.2, 0) is 14.3 Å². The van der Waals surface area contributed by atoms with Crippen molar-refractivity contribution < 1.29 is 14.3 Å². The van der Waals surface area contributed by atoms with Gasteiger partial charge in [-0.05, 0) is 45.2 Å². The third-order valence-corrected chi connectivity index (χ3v) is 4.49. The van der Waals surface area contributed by atoms with Crippen LogP contribution >= 0.6 is 12.4 Å². The number of piperidine rings is 1. The van der Waals surface area contributed by atoms with E-state index < -0.39 is 0 Å². The van der Waals surface area contributed by atoms with Crippen LogP contribution in [0.3, 0.4) is 0 Å². The van der Waals surface area contributed by atoms with Crippen LogP contribution in [0.5, 0.6) is 0 Å². The summed E-state index contributed by atoms with van der Waals surface area (Å²) in [6, 6.07) is 0. The summed E-state index contributed by atoms with van der Waals surface area (Å²) in [5.41, 5.74) is 0.111. The minimum absolute atomic E-state index is 0. The van der Waals surface area contributed by atoms with Gasteiger partial charge in [0.05, 0.1) is 12.7 Å². The highest BCUT2D eigenvalue weighted by Crippen LogP contribution is 2.28. The first kappa shape index (κ1) is 18.7. The predicted octanol–water partition coefficient (Wildman–Crippen LogP) is 1.50. The van der Waals surface area contributed by atoms with Gasteiger partial charge in [0.15, 0.2) is 0 Å². The number of methoxy groups -OCH3 is 1. The molecule has 0 aliphatic carbocycles. The highest BCUT2D eigenvalue weighted by Gasteiger charge is 2.32. The molecule has 0 spiro atoms. The van der Waals surface area contributed by atoms with Gasteiger partial charge in [-0.25, -0.2) is 0 Å². The summed E-state index contributed by atoms with van der Waals surface area (Å²) in [6.07, 6.45) is 6.09. The molecule has 2 aliphatic rings. The molecule has 124 valence electrons. The van der Waals surface area contributed by atoms with E-state index in [0.717, 1.165) is 65.0 Å². The van der Waals surface area contributed by atoms with Crippen molar-refractivity contribution in [1.29, 1.82) is 0 Å². The molecule has 2 saturated heterocycles. The Morgan fingerprint density at radius 3 is 2.81 bits per heavy atom. The summed E-state index contributed by atoms with van der Waals surface area (Å²) in [4.78, 5) is 12.0. The normalized spacial score (nSPS) is 24.3. The maximum atomic E-state index is 12.0. The second-order valence-electron chi connectivity index (χ2n) is 6.13.